The molecule has 0 amide bonds. The summed E-state index contributed by atoms with van der Waals surface area (Å²) in [7, 11) is 0. The number of rotatable bonds is 3. The van der Waals surface area contributed by atoms with Crippen molar-refractivity contribution in [1.29, 1.82) is 0 Å². The third-order valence-electron chi connectivity index (χ3n) is 3.79. The van der Waals surface area contributed by atoms with Gasteiger partial charge in [-0.25, -0.2) is 9.79 Å². The van der Waals surface area contributed by atoms with E-state index in [2.05, 4.69) is 20.9 Å². The molecule has 4 rings (SSSR count). The van der Waals surface area contributed by atoms with Gasteiger partial charge in [0, 0.05) is 16.1 Å². The van der Waals surface area contributed by atoms with Crippen molar-refractivity contribution in [3.8, 4) is 11.5 Å². The molecule has 0 saturated heterocycles. The maximum absolute atomic E-state index is 12.2. The Hall–Kier alpha value is -2.91. The summed E-state index contributed by atoms with van der Waals surface area (Å²) in [5.74, 6) is 0.430. The van der Waals surface area contributed by atoms with Crippen LogP contribution in [0.25, 0.3) is 6.08 Å². The van der Waals surface area contributed by atoms with Crippen molar-refractivity contribution >= 4 is 51.2 Å². The summed E-state index contributed by atoms with van der Waals surface area (Å²) in [6, 6.07) is 7.46. The van der Waals surface area contributed by atoms with Gasteiger partial charge in [0.15, 0.2) is 17.2 Å². The lowest BCUT2D eigenvalue weighted by Crippen LogP contribution is -2.06. The lowest BCUT2D eigenvalue weighted by molar-refractivity contribution is -0.384. The number of carbonyl (C=O) groups is 1. The van der Waals surface area contributed by atoms with Crippen molar-refractivity contribution in [1.82, 2.24) is 0 Å². The molecule has 0 aliphatic carbocycles. The van der Waals surface area contributed by atoms with E-state index < -0.39 is 10.9 Å². The normalized spacial score (nSPS) is 16.4. The van der Waals surface area contributed by atoms with E-state index in [1.165, 1.54) is 24.3 Å². The molecule has 0 atom stereocenters. The van der Waals surface area contributed by atoms with Crippen molar-refractivity contribution in [3.05, 3.63) is 66.8 Å². The molecule has 10 heteroatoms. The molecular formula is C17H8BrClN2O6. The highest BCUT2D eigenvalue weighted by molar-refractivity contribution is 9.10. The van der Waals surface area contributed by atoms with Gasteiger partial charge < -0.3 is 14.2 Å². The zero-order valence-electron chi connectivity index (χ0n) is 13.3. The highest BCUT2D eigenvalue weighted by atomic mass is 79.9. The zero-order chi connectivity index (χ0) is 19.1. The van der Waals surface area contributed by atoms with E-state index in [-0.39, 0.29) is 34.7 Å². The van der Waals surface area contributed by atoms with Crippen LogP contribution in [0.3, 0.4) is 0 Å². The van der Waals surface area contributed by atoms with Gasteiger partial charge in [0.25, 0.3) is 5.69 Å². The number of ether oxygens (including phenoxy) is 3. The first-order valence-electron chi connectivity index (χ1n) is 7.48. The fourth-order valence-electron chi connectivity index (χ4n) is 2.51. The molecule has 0 N–H and O–H groups in total. The molecule has 0 bridgehead atoms. The van der Waals surface area contributed by atoms with Gasteiger partial charge in [0.05, 0.1) is 4.92 Å². The number of fused-ring (bicyclic) bond motifs is 1. The van der Waals surface area contributed by atoms with Crippen LogP contribution in [0.4, 0.5) is 5.69 Å². The Morgan fingerprint density at radius 2 is 1.96 bits per heavy atom. The second kappa shape index (κ2) is 6.67. The molecule has 136 valence electrons. The number of aliphatic imine (C=N–C) groups is 1. The summed E-state index contributed by atoms with van der Waals surface area (Å²) in [4.78, 5) is 26.7. The van der Waals surface area contributed by atoms with Crippen LogP contribution in [0.2, 0.25) is 5.02 Å². The smallest absolute Gasteiger partial charge is 0.363 e. The highest BCUT2D eigenvalue weighted by Gasteiger charge is 2.27. The zero-order valence-corrected chi connectivity index (χ0v) is 15.6. The number of hydrogen-bond acceptors (Lipinski definition) is 7. The van der Waals surface area contributed by atoms with Crippen LogP contribution in [0.5, 0.6) is 11.5 Å². The summed E-state index contributed by atoms with van der Waals surface area (Å²) in [5.41, 5.74) is 0.650. The molecule has 0 unspecified atom stereocenters. The van der Waals surface area contributed by atoms with Crippen molar-refractivity contribution in [2.24, 2.45) is 4.99 Å². The molecule has 2 aromatic rings. The van der Waals surface area contributed by atoms with Crippen molar-refractivity contribution < 1.29 is 23.9 Å². The highest BCUT2D eigenvalue weighted by Crippen LogP contribution is 2.38. The molecule has 0 fully saturated rings. The second-order valence-corrected chi connectivity index (χ2v) is 6.75. The molecule has 2 aromatic carbocycles. The molecule has 27 heavy (non-hydrogen) atoms. The molecule has 2 heterocycles. The van der Waals surface area contributed by atoms with Gasteiger partial charge in [-0.15, -0.1) is 0 Å². The van der Waals surface area contributed by atoms with Crippen LogP contribution in [0, 0.1) is 10.1 Å². The van der Waals surface area contributed by atoms with E-state index in [1.807, 2.05) is 0 Å². The van der Waals surface area contributed by atoms with Crippen molar-refractivity contribution in [2.45, 2.75) is 0 Å². The summed E-state index contributed by atoms with van der Waals surface area (Å²) < 4.78 is 16.4. The number of benzene rings is 2. The van der Waals surface area contributed by atoms with E-state index in [4.69, 9.17) is 25.8 Å². The van der Waals surface area contributed by atoms with Crippen LogP contribution in [-0.2, 0) is 9.53 Å². The molecule has 0 saturated carbocycles. The van der Waals surface area contributed by atoms with Crippen LogP contribution >= 0.6 is 27.5 Å². The number of carbonyl (C=O) groups excluding carboxylic acids is 1. The minimum Gasteiger partial charge on any atom is -0.454 e. The number of nitrogens with zero attached hydrogens (tertiary/aromatic N) is 2. The maximum Gasteiger partial charge on any atom is 0.363 e. The Morgan fingerprint density at radius 3 is 2.70 bits per heavy atom. The van der Waals surface area contributed by atoms with Crippen LogP contribution in [0.15, 0.2) is 45.5 Å². The van der Waals surface area contributed by atoms with Gasteiger partial charge in [0.1, 0.15) is 5.02 Å². The van der Waals surface area contributed by atoms with Crippen LogP contribution in [0.1, 0.15) is 11.1 Å². The van der Waals surface area contributed by atoms with Crippen molar-refractivity contribution in [2.75, 3.05) is 6.79 Å². The molecule has 2 aliphatic rings. The molecule has 2 aliphatic heterocycles. The van der Waals surface area contributed by atoms with E-state index in [0.717, 1.165) is 0 Å². The Kier molecular flexibility index (Phi) is 4.33. The number of nitro benzene ring substituents is 1. The van der Waals surface area contributed by atoms with Gasteiger partial charge in [0.2, 0.25) is 12.7 Å². The number of esters is 1. The molecule has 0 spiro atoms. The Balaban J connectivity index is 1.71. The summed E-state index contributed by atoms with van der Waals surface area (Å²) >= 11 is 9.20. The first-order chi connectivity index (χ1) is 12.9. The minimum atomic E-state index is -0.674. The van der Waals surface area contributed by atoms with Crippen molar-refractivity contribution in [3.63, 3.8) is 0 Å². The fourth-order valence-corrected chi connectivity index (χ4v) is 3.13. The predicted molar refractivity (Wildman–Crippen MR) is 99.0 cm³/mol. The van der Waals surface area contributed by atoms with Gasteiger partial charge in [-0.2, -0.15) is 0 Å². The third-order valence-corrected chi connectivity index (χ3v) is 4.80. The quantitative estimate of drug-likeness (QED) is 0.302. The van der Waals surface area contributed by atoms with Gasteiger partial charge in [-0.05, 0) is 35.9 Å². The third kappa shape index (κ3) is 3.26. The van der Waals surface area contributed by atoms with E-state index >= 15 is 0 Å². The van der Waals surface area contributed by atoms with Gasteiger partial charge >= 0.3 is 5.97 Å². The van der Waals surface area contributed by atoms with Gasteiger partial charge in [-0.1, -0.05) is 27.5 Å². The lowest BCUT2D eigenvalue weighted by atomic mass is 10.1. The SMILES string of the molecule is O=C1OC(c2ccc(Cl)c([N+](=O)[O-])c2)=N/C1=C\c1cc2c(cc1Br)OCO2. The van der Waals surface area contributed by atoms with E-state index in [0.29, 0.717) is 21.5 Å². The minimum absolute atomic E-state index is 0.0197. The average Bonchev–Trinajstić information content (AvgIpc) is 3.22. The lowest BCUT2D eigenvalue weighted by Gasteiger charge is -2.02. The Labute approximate surface area is 165 Å². The second-order valence-electron chi connectivity index (χ2n) is 5.49. The average molecular weight is 452 g/mol. The van der Waals surface area contributed by atoms with Crippen LogP contribution < -0.4 is 9.47 Å². The van der Waals surface area contributed by atoms with Gasteiger partial charge in [-0.3, -0.25) is 10.1 Å². The largest absolute Gasteiger partial charge is 0.454 e. The molecular weight excluding hydrogens is 444 g/mol. The first kappa shape index (κ1) is 17.5. The monoisotopic (exact) mass is 450 g/mol. The van der Waals surface area contributed by atoms with Crippen LogP contribution in [-0.4, -0.2) is 23.6 Å². The number of nitro groups is 1. The number of halogens is 2. The summed E-state index contributed by atoms with van der Waals surface area (Å²) in [6.07, 6.45) is 1.52. The number of hydrogen-bond donors (Lipinski definition) is 0. The summed E-state index contributed by atoms with van der Waals surface area (Å²) in [6.45, 7) is 0.126. The maximum atomic E-state index is 12.2. The van der Waals surface area contributed by atoms with E-state index in [9.17, 15) is 14.9 Å². The first-order valence-corrected chi connectivity index (χ1v) is 8.65. The number of cyclic esters (lactones) is 1. The Bertz CT molecular complexity index is 1070. The fraction of sp³-hybridized carbons (Fsp3) is 0.0588. The predicted octanol–water partition coefficient (Wildman–Crippen LogP) is 4.08. The topological polar surface area (TPSA) is 100 Å². The Morgan fingerprint density at radius 1 is 1.22 bits per heavy atom. The molecule has 0 radical (unpaired) electrons. The summed E-state index contributed by atoms with van der Waals surface area (Å²) in [5, 5.41) is 11.0. The molecule has 0 aromatic heterocycles. The molecule has 8 nitrogen and oxygen atoms in total. The van der Waals surface area contributed by atoms with E-state index in [1.54, 1.807) is 12.1 Å². The standard InChI is InChI=1S/C17H8BrClN2O6/c18-10-6-15-14(25-7-26-15)5-9(10)3-12-17(22)27-16(20-12)8-1-2-11(19)13(4-8)21(23)24/h1-6H,7H2/b12-3-.